The summed E-state index contributed by atoms with van der Waals surface area (Å²) in [6, 6.07) is 11.9. The molecule has 4 heteroatoms. The maximum absolute atomic E-state index is 9.92. The van der Waals surface area contributed by atoms with E-state index >= 15 is 0 Å². The molecule has 0 aliphatic heterocycles. The van der Waals surface area contributed by atoms with Crippen LogP contribution in [0.4, 0.5) is 5.69 Å². The molecule has 0 aliphatic carbocycles. The minimum absolute atomic E-state index is 0.196. The lowest BCUT2D eigenvalue weighted by Gasteiger charge is -2.29. The number of anilines is 1. The van der Waals surface area contributed by atoms with Gasteiger partial charge in [0, 0.05) is 23.2 Å². The molecule has 20 heavy (non-hydrogen) atoms. The topological polar surface area (TPSA) is 47.3 Å². The molecule has 0 bridgehead atoms. The van der Waals surface area contributed by atoms with Gasteiger partial charge in [0.2, 0.25) is 0 Å². The van der Waals surface area contributed by atoms with E-state index in [4.69, 9.17) is 5.26 Å². The first-order chi connectivity index (χ1) is 9.54. The summed E-state index contributed by atoms with van der Waals surface area (Å²) in [5.41, 5.74) is 2.35. The minimum atomic E-state index is -0.560. The van der Waals surface area contributed by atoms with Crippen LogP contribution in [0.3, 0.4) is 0 Å². The lowest BCUT2D eigenvalue weighted by atomic mass is 10.0. The summed E-state index contributed by atoms with van der Waals surface area (Å²) in [7, 11) is 1.99. The molecule has 0 fully saturated rings. The third-order valence-corrected chi connectivity index (χ3v) is 4.57. The molecule has 1 N–H and O–H groups in total. The molecule has 0 aliphatic rings. The number of aliphatic hydroxyl groups excluding tert-OH is 1. The molecule has 1 aromatic carbocycles. The number of rotatable bonds is 4. The fraction of sp³-hybridized carbons (Fsp3) is 0.312. The molecule has 2 aromatic rings. The van der Waals surface area contributed by atoms with E-state index in [1.54, 1.807) is 24.3 Å². The van der Waals surface area contributed by atoms with E-state index in [1.807, 2.05) is 25.2 Å². The van der Waals surface area contributed by atoms with Gasteiger partial charge in [-0.1, -0.05) is 12.1 Å². The van der Waals surface area contributed by atoms with Gasteiger partial charge in [0.05, 0.1) is 23.8 Å². The van der Waals surface area contributed by atoms with Gasteiger partial charge in [-0.2, -0.15) is 5.26 Å². The molecule has 1 heterocycles. The van der Waals surface area contributed by atoms with Gasteiger partial charge >= 0.3 is 0 Å². The third kappa shape index (κ3) is 2.84. The largest absolute Gasteiger partial charge is 0.389 e. The number of benzene rings is 1. The van der Waals surface area contributed by atoms with E-state index in [0.29, 0.717) is 5.56 Å². The van der Waals surface area contributed by atoms with Crippen molar-refractivity contribution in [3.63, 3.8) is 0 Å². The van der Waals surface area contributed by atoms with Crippen LogP contribution in [0.2, 0.25) is 0 Å². The fourth-order valence-corrected chi connectivity index (χ4v) is 3.03. The van der Waals surface area contributed by atoms with Gasteiger partial charge in [-0.05, 0) is 37.4 Å². The summed E-state index contributed by atoms with van der Waals surface area (Å²) in [5, 5.41) is 21.0. The number of nitrogens with zero attached hydrogens (tertiary/aromatic N) is 2. The Morgan fingerprint density at radius 1 is 1.30 bits per heavy atom. The van der Waals surface area contributed by atoms with Gasteiger partial charge in [-0.25, -0.2) is 0 Å². The molecule has 1 aromatic heterocycles. The number of thiophene rings is 1. The number of hydrogen-bond donors (Lipinski definition) is 1. The van der Waals surface area contributed by atoms with Crippen LogP contribution < -0.4 is 4.90 Å². The average Bonchev–Trinajstić information content (AvgIpc) is 2.99. The zero-order valence-corrected chi connectivity index (χ0v) is 12.7. The van der Waals surface area contributed by atoms with Gasteiger partial charge in [0.15, 0.2) is 0 Å². The molecular weight excluding hydrogens is 268 g/mol. The van der Waals surface area contributed by atoms with E-state index in [2.05, 4.69) is 29.3 Å². The Kier molecular flexibility index (Phi) is 4.43. The van der Waals surface area contributed by atoms with Crippen LogP contribution in [0.15, 0.2) is 35.7 Å². The molecule has 2 atom stereocenters. The highest BCUT2D eigenvalue weighted by atomic mass is 32.1. The standard InChI is InChI=1S/C16H18N2OS/c1-11(16-5-4-8-20-16)18(3)15-9-13(10-17)6-7-14(15)12(2)19/h4-9,11-12,19H,1-3H3/t11?,12-/m0/s1. The first kappa shape index (κ1) is 14.6. The number of nitriles is 1. The van der Waals surface area contributed by atoms with Gasteiger partial charge < -0.3 is 10.0 Å². The maximum atomic E-state index is 9.92. The van der Waals surface area contributed by atoms with Crippen molar-refractivity contribution in [2.75, 3.05) is 11.9 Å². The van der Waals surface area contributed by atoms with E-state index in [1.165, 1.54) is 4.88 Å². The summed E-state index contributed by atoms with van der Waals surface area (Å²) in [6.07, 6.45) is -0.560. The van der Waals surface area contributed by atoms with Crippen molar-refractivity contribution in [3.05, 3.63) is 51.7 Å². The van der Waals surface area contributed by atoms with Gasteiger partial charge in [0.1, 0.15) is 0 Å². The van der Waals surface area contributed by atoms with E-state index < -0.39 is 6.10 Å². The Hall–Kier alpha value is -1.83. The van der Waals surface area contributed by atoms with Crippen molar-refractivity contribution in [1.82, 2.24) is 0 Å². The lowest BCUT2D eigenvalue weighted by Crippen LogP contribution is -2.22. The number of hydrogen-bond acceptors (Lipinski definition) is 4. The third-order valence-electron chi connectivity index (χ3n) is 3.53. The first-order valence-corrected chi connectivity index (χ1v) is 7.41. The van der Waals surface area contributed by atoms with Gasteiger partial charge in [-0.15, -0.1) is 11.3 Å². The smallest absolute Gasteiger partial charge is 0.0992 e. The molecule has 0 saturated heterocycles. The molecule has 104 valence electrons. The fourth-order valence-electron chi connectivity index (χ4n) is 2.20. The minimum Gasteiger partial charge on any atom is -0.389 e. The summed E-state index contributed by atoms with van der Waals surface area (Å²) in [4.78, 5) is 3.36. The van der Waals surface area contributed by atoms with Crippen molar-refractivity contribution < 1.29 is 5.11 Å². The SMILES string of the molecule is CC(c1cccs1)N(C)c1cc(C#N)ccc1[C@H](C)O. The van der Waals surface area contributed by atoms with E-state index in [0.717, 1.165) is 11.3 Å². The molecule has 0 saturated carbocycles. The Balaban J connectivity index is 2.42. The normalized spacial score (nSPS) is 13.6. The second kappa shape index (κ2) is 6.08. The molecule has 1 unspecified atom stereocenters. The van der Waals surface area contributed by atoms with E-state index in [9.17, 15) is 5.11 Å². The molecule has 3 nitrogen and oxygen atoms in total. The Morgan fingerprint density at radius 2 is 2.05 bits per heavy atom. The molecule has 0 amide bonds. The lowest BCUT2D eigenvalue weighted by molar-refractivity contribution is 0.199. The highest BCUT2D eigenvalue weighted by Crippen LogP contribution is 2.33. The van der Waals surface area contributed by atoms with Crippen molar-refractivity contribution in [2.45, 2.75) is 26.0 Å². The predicted molar refractivity (Wildman–Crippen MR) is 82.9 cm³/mol. The average molecular weight is 286 g/mol. The van der Waals surface area contributed by atoms with Crippen LogP contribution in [-0.2, 0) is 0 Å². The molecular formula is C16H18N2OS. The van der Waals surface area contributed by atoms with Crippen LogP contribution in [0.25, 0.3) is 0 Å². The van der Waals surface area contributed by atoms with Crippen molar-refractivity contribution >= 4 is 17.0 Å². The first-order valence-electron chi connectivity index (χ1n) is 6.53. The van der Waals surface area contributed by atoms with E-state index in [-0.39, 0.29) is 6.04 Å². The van der Waals surface area contributed by atoms with Crippen LogP contribution in [0, 0.1) is 11.3 Å². The van der Waals surface area contributed by atoms with Crippen LogP contribution in [-0.4, -0.2) is 12.2 Å². The van der Waals surface area contributed by atoms with Crippen molar-refractivity contribution in [1.29, 1.82) is 5.26 Å². The Morgan fingerprint density at radius 3 is 2.60 bits per heavy atom. The molecule has 2 rings (SSSR count). The zero-order chi connectivity index (χ0) is 14.7. The second-order valence-electron chi connectivity index (χ2n) is 4.86. The molecule has 0 radical (unpaired) electrons. The monoisotopic (exact) mass is 286 g/mol. The van der Waals surface area contributed by atoms with Crippen molar-refractivity contribution in [2.24, 2.45) is 0 Å². The van der Waals surface area contributed by atoms with Gasteiger partial charge in [0.25, 0.3) is 0 Å². The van der Waals surface area contributed by atoms with Crippen LogP contribution >= 0.6 is 11.3 Å². The van der Waals surface area contributed by atoms with Crippen molar-refractivity contribution in [3.8, 4) is 6.07 Å². The Labute approximate surface area is 123 Å². The summed E-state index contributed by atoms with van der Waals surface area (Å²) < 4.78 is 0. The summed E-state index contributed by atoms with van der Waals surface area (Å²) in [5.74, 6) is 0. The molecule has 0 spiro atoms. The number of aliphatic hydroxyl groups is 1. The summed E-state index contributed by atoms with van der Waals surface area (Å²) >= 11 is 1.71. The maximum Gasteiger partial charge on any atom is 0.0992 e. The van der Waals surface area contributed by atoms with Crippen LogP contribution in [0.1, 0.15) is 42.0 Å². The highest BCUT2D eigenvalue weighted by molar-refractivity contribution is 7.10. The highest BCUT2D eigenvalue weighted by Gasteiger charge is 2.18. The van der Waals surface area contributed by atoms with Gasteiger partial charge in [-0.3, -0.25) is 0 Å². The second-order valence-corrected chi connectivity index (χ2v) is 5.84. The van der Waals surface area contributed by atoms with Crippen LogP contribution in [0.5, 0.6) is 0 Å². The quantitative estimate of drug-likeness (QED) is 0.928. The predicted octanol–water partition coefficient (Wildman–Crippen LogP) is 3.87. The Bertz CT molecular complexity index is 614. The zero-order valence-electron chi connectivity index (χ0n) is 11.9. The summed E-state index contributed by atoms with van der Waals surface area (Å²) in [6.45, 7) is 3.87.